The highest BCUT2D eigenvalue weighted by atomic mass is 32.2. The standard InChI is InChI=1S/C10H21NO2S/c1-5-6-11-10(4,9(12)13)7-14-8(2)3/h8,11H,5-7H2,1-4H3,(H,12,13). The van der Waals surface area contributed by atoms with Gasteiger partial charge in [-0.3, -0.25) is 4.79 Å². The Balaban J connectivity index is 4.17. The molecular weight excluding hydrogens is 198 g/mol. The lowest BCUT2D eigenvalue weighted by Gasteiger charge is -2.26. The molecule has 2 N–H and O–H groups in total. The van der Waals surface area contributed by atoms with E-state index in [0.29, 0.717) is 11.0 Å². The topological polar surface area (TPSA) is 49.3 Å². The molecule has 4 heteroatoms. The van der Waals surface area contributed by atoms with Crippen LogP contribution < -0.4 is 5.32 Å². The first kappa shape index (κ1) is 13.8. The van der Waals surface area contributed by atoms with Crippen molar-refractivity contribution in [2.75, 3.05) is 12.3 Å². The molecule has 0 bridgehead atoms. The van der Waals surface area contributed by atoms with E-state index in [4.69, 9.17) is 5.11 Å². The summed E-state index contributed by atoms with van der Waals surface area (Å²) in [5.41, 5.74) is -0.787. The quantitative estimate of drug-likeness (QED) is 0.687. The first-order chi connectivity index (χ1) is 6.42. The summed E-state index contributed by atoms with van der Waals surface area (Å²) in [5.74, 6) is -0.154. The largest absolute Gasteiger partial charge is 0.480 e. The molecule has 3 nitrogen and oxygen atoms in total. The van der Waals surface area contributed by atoms with Crippen molar-refractivity contribution in [2.24, 2.45) is 0 Å². The van der Waals surface area contributed by atoms with Crippen LogP contribution in [0.3, 0.4) is 0 Å². The van der Waals surface area contributed by atoms with Gasteiger partial charge >= 0.3 is 5.97 Å². The van der Waals surface area contributed by atoms with Gasteiger partial charge in [0.05, 0.1) is 0 Å². The van der Waals surface area contributed by atoms with Crippen molar-refractivity contribution in [1.82, 2.24) is 5.32 Å². The third-order valence-electron chi connectivity index (χ3n) is 1.94. The monoisotopic (exact) mass is 219 g/mol. The van der Waals surface area contributed by atoms with Gasteiger partial charge in [0.25, 0.3) is 0 Å². The Hall–Kier alpha value is -0.220. The van der Waals surface area contributed by atoms with Crippen molar-refractivity contribution >= 4 is 17.7 Å². The van der Waals surface area contributed by atoms with E-state index < -0.39 is 11.5 Å². The lowest BCUT2D eigenvalue weighted by atomic mass is 10.1. The Labute approximate surface area is 90.7 Å². The first-order valence-corrected chi connectivity index (χ1v) is 6.07. The number of aliphatic carboxylic acids is 1. The summed E-state index contributed by atoms with van der Waals surface area (Å²) in [6.07, 6.45) is 0.954. The van der Waals surface area contributed by atoms with Crippen molar-refractivity contribution < 1.29 is 9.90 Å². The molecule has 0 aromatic rings. The van der Waals surface area contributed by atoms with Crippen LogP contribution in [0, 0.1) is 0 Å². The fourth-order valence-electron chi connectivity index (χ4n) is 0.923. The Bertz CT molecular complexity index is 185. The van der Waals surface area contributed by atoms with Crippen LogP contribution in [-0.2, 0) is 4.79 Å². The predicted molar refractivity (Wildman–Crippen MR) is 61.9 cm³/mol. The highest BCUT2D eigenvalue weighted by molar-refractivity contribution is 7.99. The summed E-state index contributed by atoms with van der Waals surface area (Å²) >= 11 is 1.67. The van der Waals surface area contributed by atoms with Crippen LogP contribution in [0.4, 0.5) is 0 Å². The van der Waals surface area contributed by atoms with E-state index >= 15 is 0 Å². The fourth-order valence-corrected chi connectivity index (χ4v) is 1.81. The third-order valence-corrected chi connectivity index (χ3v) is 3.35. The zero-order valence-electron chi connectivity index (χ0n) is 9.46. The van der Waals surface area contributed by atoms with Gasteiger partial charge in [-0.2, -0.15) is 11.8 Å². The van der Waals surface area contributed by atoms with Crippen LogP contribution in [0.1, 0.15) is 34.1 Å². The number of rotatable bonds is 7. The van der Waals surface area contributed by atoms with Crippen molar-refractivity contribution in [2.45, 2.75) is 44.9 Å². The smallest absolute Gasteiger partial charge is 0.324 e. The molecule has 0 aromatic carbocycles. The number of hydrogen-bond acceptors (Lipinski definition) is 3. The van der Waals surface area contributed by atoms with Crippen LogP contribution in [0.2, 0.25) is 0 Å². The second-order valence-corrected chi connectivity index (χ2v) is 5.49. The first-order valence-electron chi connectivity index (χ1n) is 5.02. The van der Waals surface area contributed by atoms with Crippen molar-refractivity contribution in [1.29, 1.82) is 0 Å². The van der Waals surface area contributed by atoms with Crippen LogP contribution in [0.25, 0.3) is 0 Å². The molecule has 0 aliphatic carbocycles. The molecule has 0 aliphatic heterocycles. The van der Waals surface area contributed by atoms with Crippen molar-refractivity contribution in [3.63, 3.8) is 0 Å². The van der Waals surface area contributed by atoms with E-state index in [9.17, 15) is 4.79 Å². The van der Waals surface area contributed by atoms with Crippen LogP contribution in [0.5, 0.6) is 0 Å². The molecule has 84 valence electrons. The predicted octanol–water partition coefficient (Wildman–Crippen LogP) is 1.97. The van der Waals surface area contributed by atoms with Gasteiger partial charge in [-0.05, 0) is 25.1 Å². The summed E-state index contributed by atoms with van der Waals surface area (Å²) in [7, 11) is 0. The average Bonchev–Trinajstić information content (AvgIpc) is 2.11. The fraction of sp³-hybridized carbons (Fsp3) is 0.900. The number of nitrogens with one attached hydrogen (secondary N) is 1. The van der Waals surface area contributed by atoms with E-state index in [-0.39, 0.29) is 0 Å². The molecule has 0 rings (SSSR count). The highest BCUT2D eigenvalue weighted by Gasteiger charge is 2.32. The molecule has 0 heterocycles. The van der Waals surface area contributed by atoms with E-state index in [1.54, 1.807) is 18.7 Å². The van der Waals surface area contributed by atoms with Crippen LogP contribution >= 0.6 is 11.8 Å². The zero-order chi connectivity index (χ0) is 11.2. The molecule has 14 heavy (non-hydrogen) atoms. The number of carboxylic acids is 1. The number of hydrogen-bond donors (Lipinski definition) is 2. The molecule has 0 amide bonds. The van der Waals surface area contributed by atoms with E-state index in [2.05, 4.69) is 19.2 Å². The SMILES string of the molecule is CCCNC(C)(CSC(C)C)C(=O)O. The molecule has 0 aliphatic rings. The minimum absolute atomic E-state index is 0.470. The molecule has 0 aromatic heterocycles. The van der Waals surface area contributed by atoms with Gasteiger partial charge in [0.2, 0.25) is 0 Å². The van der Waals surface area contributed by atoms with Gasteiger partial charge in [-0.1, -0.05) is 20.8 Å². The maximum Gasteiger partial charge on any atom is 0.324 e. The Kier molecular flexibility index (Phi) is 6.20. The van der Waals surface area contributed by atoms with Gasteiger partial charge in [0.1, 0.15) is 5.54 Å². The summed E-state index contributed by atoms with van der Waals surface area (Å²) in [4.78, 5) is 11.1. The number of thioether (sulfide) groups is 1. The maximum atomic E-state index is 11.1. The third kappa shape index (κ3) is 4.86. The van der Waals surface area contributed by atoms with Gasteiger partial charge in [-0.25, -0.2) is 0 Å². The van der Waals surface area contributed by atoms with Crippen molar-refractivity contribution in [3.05, 3.63) is 0 Å². The summed E-state index contributed by atoms with van der Waals surface area (Å²) in [6, 6.07) is 0. The normalized spacial score (nSPS) is 15.5. The molecule has 0 fully saturated rings. The van der Waals surface area contributed by atoms with E-state index in [1.165, 1.54) is 0 Å². The molecule has 1 atom stereocenters. The maximum absolute atomic E-state index is 11.1. The average molecular weight is 219 g/mol. The number of carboxylic acid groups (broad SMARTS) is 1. The molecule has 0 radical (unpaired) electrons. The van der Waals surface area contributed by atoms with Crippen LogP contribution in [-0.4, -0.2) is 34.2 Å². The number of carbonyl (C=O) groups is 1. The Morgan fingerprint density at radius 2 is 2.14 bits per heavy atom. The molecule has 0 spiro atoms. The van der Waals surface area contributed by atoms with Gasteiger partial charge < -0.3 is 10.4 Å². The van der Waals surface area contributed by atoms with E-state index in [1.807, 2.05) is 6.92 Å². The van der Waals surface area contributed by atoms with Gasteiger partial charge in [-0.15, -0.1) is 0 Å². The van der Waals surface area contributed by atoms with Crippen molar-refractivity contribution in [3.8, 4) is 0 Å². The van der Waals surface area contributed by atoms with Gasteiger partial charge in [0.15, 0.2) is 0 Å². The van der Waals surface area contributed by atoms with E-state index in [0.717, 1.165) is 13.0 Å². The highest BCUT2D eigenvalue weighted by Crippen LogP contribution is 2.17. The zero-order valence-corrected chi connectivity index (χ0v) is 10.3. The summed E-state index contributed by atoms with van der Waals surface area (Å²) in [5, 5.41) is 12.6. The Morgan fingerprint density at radius 1 is 1.57 bits per heavy atom. The second kappa shape index (κ2) is 6.30. The molecule has 0 saturated carbocycles. The Morgan fingerprint density at radius 3 is 2.50 bits per heavy atom. The summed E-state index contributed by atoms with van der Waals surface area (Å²) in [6.45, 7) is 8.69. The minimum Gasteiger partial charge on any atom is -0.480 e. The van der Waals surface area contributed by atoms with Crippen LogP contribution in [0.15, 0.2) is 0 Å². The summed E-state index contributed by atoms with van der Waals surface area (Å²) < 4.78 is 0. The second-order valence-electron chi connectivity index (χ2n) is 3.92. The molecular formula is C10H21NO2S. The lowest BCUT2D eigenvalue weighted by molar-refractivity contribution is -0.143. The molecule has 1 unspecified atom stereocenters. The molecule has 0 saturated heterocycles. The minimum atomic E-state index is -0.787. The van der Waals surface area contributed by atoms with Gasteiger partial charge in [0, 0.05) is 5.75 Å². The lowest BCUT2D eigenvalue weighted by Crippen LogP contribution is -2.52.